The van der Waals surface area contributed by atoms with Crippen molar-refractivity contribution >= 4 is 44.6 Å². The van der Waals surface area contributed by atoms with Crippen LogP contribution in [0.15, 0.2) is 198 Å². The Morgan fingerprint density at radius 1 is 0.556 bits per heavy atom. The summed E-state index contributed by atoms with van der Waals surface area (Å²) in [4.78, 5) is 2.45. The molecule has 8 aromatic carbocycles. The van der Waals surface area contributed by atoms with Crippen LogP contribution in [0.1, 0.15) is 67.9 Å². The maximum absolute atomic E-state index is 11.6. The smallest absolute Gasteiger partial charge is 0.159 e. The second-order valence-electron chi connectivity index (χ2n) is 18.6. The van der Waals surface area contributed by atoms with Gasteiger partial charge in [-0.2, -0.15) is 0 Å². The highest BCUT2D eigenvalue weighted by molar-refractivity contribution is 6.17. The summed E-state index contributed by atoms with van der Waals surface area (Å²) < 4.78 is 7.22. The molecule has 304 valence electrons. The summed E-state index contributed by atoms with van der Waals surface area (Å²) in [5, 5.41) is 13.5. The number of nitrogens with zero attached hydrogens (tertiary/aromatic N) is 1. The highest BCUT2D eigenvalue weighted by atomic mass is 16.3. The summed E-state index contributed by atoms with van der Waals surface area (Å²) in [7, 11) is 0. The third kappa shape index (κ3) is 5.59. The summed E-state index contributed by atoms with van der Waals surface area (Å²) >= 11 is 0. The third-order valence-corrected chi connectivity index (χ3v) is 14.4. The molecule has 0 spiro atoms. The maximum atomic E-state index is 11.6. The molecule has 0 fully saturated rings. The molecule has 0 saturated carbocycles. The van der Waals surface area contributed by atoms with Crippen LogP contribution in [0.3, 0.4) is 0 Å². The van der Waals surface area contributed by atoms with Crippen molar-refractivity contribution in [3.63, 3.8) is 0 Å². The zero-order valence-corrected chi connectivity index (χ0v) is 36.0. The van der Waals surface area contributed by atoms with Crippen LogP contribution in [0.2, 0.25) is 0 Å². The fraction of sp³-hybridized carbons (Fsp3) is 0.133. The van der Waals surface area contributed by atoms with Crippen LogP contribution in [0.5, 0.6) is 5.75 Å². The van der Waals surface area contributed by atoms with E-state index in [0.717, 1.165) is 62.1 Å². The predicted molar refractivity (Wildman–Crippen MR) is 261 cm³/mol. The van der Waals surface area contributed by atoms with Gasteiger partial charge in [0.2, 0.25) is 0 Å². The van der Waals surface area contributed by atoms with Gasteiger partial charge in [0, 0.05) is 44.5 Å². The molecule has 0 amide bonds. The Labute approximate surface area is 368 Å². The molecule has 3 nitrogen and oxygen atoms in total. The van der Waals surface area contributed by atoms with E-state index in [1.807, 2.05) is 24.3 Å². The van der Waals surface area contributed by atoms with Gasteiger partial charge in [0.25, 0.3) is 0 Å². The van der Waals surface area contributed by atoms with Gasteiger partial charge in [-0.05, 0) is 104 Å². The Kier molecular flexibility index (Phi) is 8.21. The van der Waals surface area contributed by atoms with Gasteiger partial charge < -0.3 is 14.4 Å². The third-order valence-electron chi connectivity index (χ3n) is 14.4. The van der Waals surface area contributed by atoms with Crippen molar-refractivity contribution in [2.75, 3.05) is 4.90 Å². The van der Waals surface area contributed by atoms with Crippen molar-refractivity contribution in [1.29, 1.82) is 0 Å². The topological polar surface area (TPSA) is 36.6 Å². The fourth-order valence-corrected chi connectivity index (χ4v) is 11.2. The quantitative estimate of drug-likeness (QED) is 0.182. The molecule has 3 heteroatoms. The Morgan fingerprint density at radius 3 is 1.92 bits per heavy atom. The van der Waals surface area contributed by atoms with E-state index in [1.165, 1.54) is 55.7 Å². The van der Waals surface area contributed by atoms with E-state index in [1.54, 1.807) is 6.07 Å². The van der Waals surface area contributed by atoms with E-state index in [-0.39, 0.29) is 22.5 Å². The molecule has 0 aliphatic heterocycles. The van der Waals surface area contributed by atoms with Crippen LogP contribution in [0, 0.1) is 0 Å². The first-order chi connectivity index (χ1) is 30.7. The zero-order chi connectivity index (χ0) is 42.6. The van der Waals surface area contributed by atoms with Gasteiger partial charge in [-0.1, -0.05) is 185 Å². The predicted octanol–water partition coefficient (Wildman–Crippen LogP) is 16.2. The van der Waals surface area contributed by atoms with Crippen molar-refractivity contribution in [1.82, 2.24) is 0 Å². The van der Waals surface area contributed by atoms with Gasteiger partial charge in [0.1, 0.15) is 11.3 Å². The number of fused-ring (bicyclic) bond motifs is 8. The minimum Gasteiger partial charge on any atom is -0.507 e. The summed E-state index contributed by atoms with van der Waals surface area (Å²) in [6, 6.07) is 62.8. The number of phenolic OH excluding ortho intramolecular Hbond substituents is 1. The lowest BCUT2D eigenvalue weighted by molar-refractivity contribution is 0.478. The Hall–Kier alpha value is -7.36. The average Bonchev–Trinajstić information content (AvgIpc) is 3.89. The molecule has 0 saturated heterocycles. The molecule has 1 atom stereocenters. The highest BCUT2D eigenvalue weighted by Gasteiger charge is 2.41. The minimum atomic E-state index is -0.195. The second kappa shape index (κ2) is 13.8. The minimum absolute atomic E-state index is 0.0631. The molecule has 1 aromatic heterocycles. The number of allylic oxidation sites excluding steroid dienone is 4. The molecule has 3 aliphatic carbocycles. The first-order valence-corrected chi connectivity index (χ1v) is 22.2. The average molecular weight is 814 g/mol. The SMILES string of the molecule is CC1(C)C2=C(C=CC(c3ccc4c(oc5ccc(O)c(-c6ccccc6)c54)c3N(c3ccc(-c4ccccc4)cc3)c3ccc4c(c3)C(C)(C)c3ccccc3-4)C2)c2ccccc21. The van der Waals surface area contributed by atoms with E-state index in [0.29, 0.717) is 0 Å². The normalized spacial score (nSPS) is 16.5. The van der Waals surface area contributed by atoms with E-state index in [9.17, 15) is 5.11 Å². The van der Waals surface area contributed by atoms with Crippen molar-refractivity contribution in [3.05, 3.63) is 221 Å². The number of rotatable bonds is 6. The van der Waals surface area contributed by atoms with Crippen LogP contribution in [-0.4, -0.2) is 5.11 Å². The monoisotopic (exact) mass is 813 g/mol. The summed E-state index contributed by atoms with van der Waals surface area (Å²) in [6.07, 6.45) is 5.68. The Morgan fingerprint density at radius 2 is 1.17 bits per heavy atom. The lowest BCUT2D eigenvalue weighted by Gasteiger charge is -2.33. The van der Waals surface area contributed by atoms with E-state index >= 15 is 0 Å². The van der Waals surface area contributed by atoms with Gasteiger partial charge in [0.05, 0.1) is 5.69 Å². The molecule has 1 heterocycles. The van der Waals surface area contributed by atoms with Crippen LogP contribution in [-0.2, 0) is 10.8 Å². The lowest BCUT2D eigenvalue weighted by atomic mass is 9.74. The lowest BCUT2D eigenvalue weighted by Crippen LogP contribution is -2.21. The molecule has 0 bridgehead atoms. The summed E-state index contributed by atoms with van der Waals surface area (Å²) in [5.74, 6) is 0.293. The number of anilines is 3. The van der Waals surface area contributed by atoms with Gasteiger partial charge in [-0.25, -0.2) is 0 Å². The maximum Gasteiger partial charge on any atom is 0.159 e. The number of furan rings is 1. The van der Waals surface area contributed by atoms with Crippen LogP contribution < -0.4 is 4.90 Å². The van der Waals surface area contributed by atoms with Gasteiger partial charge >= 0.3 is 0 Å². The molecule has 12 rings (SSSR count). The van der Waals surface area contributed by atoms with Gasteiger partial charge in [-0.3, -0.25) is 0 Å². The first kappa shape index (κ1) is 37.4. The fourth-order valence-electron chi connectivity index (χ4n) is 11.2. The summed E-state index contributed by atoms with van der Waals surface area (Å²) in [6.45, 7) is 9.47. The molecule has 0 radical (unpaired) electrons. The number of aromatic hydroxyl groups is 1. The van der Waals surface area contributed by atoms with Crippen molar-refractivity contribution in [2.45, 2.75) is 50.9 Å². The second-order valence-corrected chi connectivity index (χ2v) is 18.6. The molecular weight excluding hydrogens is 767 g/mol. The zero-order valence-electron chi connectivity index (χ0n) is 36.0. The van der Waals surface area contributed by atoms with Gasteiger partial charge in [-0.15, -0.1) is 0 Å². The van der Waals surface area contributed by atoms with Crippen molar-refractivity contribution < 1.29 is 9.52 Å². The number of hydrogen-bond acceptors (Lipinski definition) is 3. The molecule has 1 unspecified atom stereocenters. The van der Waals surface area contributed by atoms with Crippen molar-refractivity contribution in [2.24, 2.45) is 0 Å². The molecule has 9 aromatic rings. The number of hydrogen-bond donors (Lipinski definition) is 1. The highest BCUT2D eigenvalue weighted by Crippen LogP contribution is 2.57. The van der Waals surface area contributed by atoms with E-state index in [2.05, 4.69) is 190 Å². The number of benzene rings is 8. The van der Waals surface area contributed by atoms with Gasteiger partial charge in [0.15, 0.2) is 5.58 Å². The first-order valence-electron chi connectivity index (χ1n) is 22.2. The summed E-state index contributed by atoms with van der Waals surface area (Å²) in [5.41, 5.74) is 20.4. The van der Waals surface area contributed by atoms with E-state index < -0.39 is 0 Å². The largest absolute Gasteiger partial charge is 0.507 e. The standard InChI is InChI=1S/C60H47NO2/c1-59(2)49-21-13-11-19-44(49)46-29-25-40(35-51(46)59)43-31-32-48-56-54(34-33-53(62)55(56)39-17-9-6-10-18-39)63-58(48)57(43)61(41-26-23-38(24-27-41)37-15-7-5-8-16-37)42-28-30-47-45-20-12-14-22-50(45)60(3,4)52(47)36-42/h5-34,36,40,62H,35H2,1-4H3. The van der Waals surface area contributed by atoms with Crippen LogP contribution in [0.25, 0.3) is 60.9 Å². The molecule has 3 aliphatic rings. The van der Waals surface area contributed by atoms with Crippen molar-refractivity contribution in [3.8, 4) is 39.1 Å². The molecule has 63 heavy (non-hydrogen) atoms. The molecule has 1 N–H and O–H groups in total. The number of phenols is 1. The van der Waals surface area contributed by atoms with Crippen LogP contribution >= 0.6 is 0 Å². The molecular formula is C60H47NO2. The Balaban J connectivity index is 1.13. The Bertz CT molecular complexity index is 3370. The van der Waals surface area contributed by atoms with E-state index in [4.69, 9.17) is 4.42 Å². The van der Waals surface area contributed by atoms with Crippen LogP contribution in [0.4, 0.5) is 17.1 Å².